The molecule has 1 aliphatic rings. The molecule has 4 rings (SSSR count). The van der Waals surface area contributed by atoms with E-state index in [4.69, 9.17) is 11.6 Å². The Balaban J connectivity index is 1.33. The first-order valence-corrected chi connectivity index (χ1v) is 9.38. The van der Waals surface area contributed by atoms with Crippen LogP contribution >= 0.6 is 11.6 Å². The van der Waals surface area contributed by atoms with E-state index in [2.05, 4.69) is 19.8 Å². The highest BCUT2D eigenvalue weighted by Crippen LogP contribution is 2.21. The number of aromatic nitrogens is 2. The first-order chi connectivity index (χ1) is 13.2. The number of phenolic OH excluding ortho intramolecular Hbond substituents is 1. The normalized spacial score (nSPS) is 15.1. The lowest BCUT2D eigenvalue weighted by atomic mass is 10.2. The summed E-state index contributed by atoms with van der Waals surface area (Å²) in [5, 5.41) is 10.1. The summed E-state index contributed by atoms with van der Waals surface area (Å²) in [6.07, 6.45) is 3.81. The van der Waals surface area contributed by atoms with Crippen molar-refractivity contribution in [1.82, 2.24) is 14.9 Å². The molecular weight excluding hydrogens is 360 g/mol. The monoisotopic (exact) mass is 380 g/mol. The summed E-state index contributed by atoms with van der Waals surface area (Å²) < 4.78 is 0. The molecule has 0 unspecified atom stereocenters. The van der Waals surface area contributed by atoms with Gasteiger partial charge in [-0.3, -0.25) is 4.90 Å². The Morgan fingerprint density at radius 1 is 0.852 bits per heavy atom. The van der Waals surface area contributed by atoms with Crippen LogP contribution < -0.4 is 4.90 Å². The quantitative estimate of drug-likeness (QED) is 0.745. The van der Waals surface area contributed by atoms with Crippen molar-refractivity contribution in [1.29, 1.82) is 0 Å². The fourth-order valence-electron chi connectivity index (χ4n) is 3.27. The summed E-state index contributed by atoms with van der Waals surface area (Å²) in [6, 6.07) is 15.0. The number of rotatable bonds is 4. The van der Waals surface area contributed by atoms with Crippen LogP contribution in [0.15, 0.2) is 60.9 Å². The molecule has 0 spiro atoms. The largest absolute Gasteiger partial charge is 0.508 e. The molecule has 1 aromatic heterocycles. The molecule has 5 nitrogen and oxygen atoms in total. The summed E-state index contributed by atoms with van der Waals surface area (Å²) in [7, 11) is 0. The minimum absolute atomic E-state index is 0.305. The summed E-state index contributed by atoms with van der Waals surface area (Å²) in [5.74, 6) is 1.02. The molecule has 0 saturated carbocycles. The van der Waals surface area contributed by atoms with Gasteiger partial charge in [-0.1, -0.05) is 11.6 Å². The molecule has 0 bridgehead atoms. The van der Waals surface area contributed by atoms with E-state index < -0.39 is 0 Å². The van der Waals surface area contributed by atoms with E-state index in [0.29, 0.717) is 16.6 Å². The number of hydrogen-bond donors (Lipinski definition) is 1. The van der Waals surface area contributed by atoms with Crippen LogP contribution in [0.4, 0.5) is 5.69 Å². The zero-order chi connectivity index (χ0) is 18.6. The number of phenols is 1. The molecule has 0 atom stereocenters. The molecule has 0 aliphatic carbocycles. The Labute approximate surface area is 163 Å². The molecule has 138 valence electrons. The van der Waals surface area contributed by atoms with Crippen molar-refractivity contribution in [3.05, 3.63) is 71.5 Å². The Kier molecular flexibility index (Phi) is 5.23. The third-order valence-electron chi connectivity index (χ3n) is 4.80. The van der Waals surface area contributed by atoms with Crippen molar-refractivity contribution in [2.24, 2.45) is 0 Å². The van der Waals surface area contributed by atoms with Gasteiger partial charge in [-0.25, -0.2) is 9.97 Å². The van der Waals surface area contributed by atoms with E-state index >= 15 is 0 Å². The van der Waals surface area contributed by atoms with Crippen molar-refractivity contribution in [2.45, 2.75) is 6.54 Å². The third-order valence-corrected chi connectivity index (χ3v) is 5.05. The van der Waals surface area contributed by atoms with E-state index in [1.54, 1.807) is 12.1 Å². The van der Waals surface area contributed by atoms with Crippen LogP contribution in [0.25, 0.3) is 11.4 Å². The molecule has 3 aromatic rings. The molecule has 1 N–H and O–H groups in total. The van der Waals surface area contributed by atoms with Gasteiger partial charge in [0, 0.05) is 67.0 Å². The minimum Gasteiger partial charge on any atom is -0.508 e. The van der Waals surface area contributed by atoms with E-state index in [9.17, 15) is 5.11 Å². The zero-order valence-corrected chi connectivity index (χ0v) is 15.7. The van der Waals surface area contributed by atoms with Crippen molar-refractivity contribution in [3.8, 4) is 17.1 Å². The van der Waals surface area contributed by atoms with Crippen LogP contribution in [0.2, 0.25) is 5.02 Å². The maximum atomic E-state index is 9.42. The van der Waals surface area contributed by atoms with Crippen LogP contribution in [-0.4, -0.2) is 46.2 Å². The lowest BCUT2D eigenvalue weighted by molar-refractivity contribution is 0.249. The topological polar surface area (TPSA) is 52.5 Å². The van der Waals surface area contributed by atoms with Crippen LogP contribution in [0.1, 0.15) is 5.56 Å². The predicted octanol–water partition coefficient (Wildman–Crippen LogP) is 3.82. The summed E-state index contributed by atoms with van der Waals surface area (Å²) in [5.41, 5.74) is 3.24. The predicted molar refractivity (Wildman–Crippen MR) is 108 cm³/mol. The number of halogens is 1. The molecule has 1 fully saturated rings. The number of hydrogen-bond acceptors (Lipinski definition) is 5. The van der Waals surface area contributed by atoms with E-state index in [1.807, 2.05) is 48.8 Å². The standard InChI is InChI=1S/C21H21ClN4O/c22-18-3-1-17(2-4-18)21-23-13-16(14-24-21)15-25-9-11-26(12-10-25)19-5-7-20(27)8-6-19/h1-8,13-14,27H,9-12,15H2. The van der Waals surface area contributed by atoms with E-state index in [1.165, 1.54) is 0 Å². The Bertz CT molecular complexity index is 874. The lowest BCUT2D eigenvalue weighted by Gasteiger charge is -2.36. The average Bonchev–Trinajstić information content (AvgIpc) is 2.71. The van der Waals surface area contributed by atoms with Gasteiger partial charge in [0.15, 0.2) is 5.82 Å². The highest BCUT2D eigenvalue weighted by Gasteiger charge is 2.17. The van der Waals surface area contributed by atoms with Crippen molar-refractivity contribution in [2.75, 3.05) is 31.1 Å². The van der Waals surface area contributed by atoms with Gasteiger partial charge < -0.3 is 10.0 Å². The second-order valence-corrected chi connectivity index (χ2v) is 7.14. The van der Waals surface area contributed by atoms with Gasteiger partial charge in [0.05, 0.1) is 0 Å². The third kappa shape index (κ3) is 4.38. The minimum atomic E-state index is 0.305. The number of piperazine rings is 1. The molecule has 2 heterocycles. The molecule has 6 heteroatoms. The molecule has 2 aromatic carbocycles. The highest BCUT2D eigenvalue weighted by molar-refractivity contribution is 6.30. The van der Waals surface area contributed by atoms with Crippen LogP contribution in [0.5, 0.6) is 5.75 Å². The lowest BCUT2D eigenvalue weighted by Crippen LogP contribution is -2.45. The van der Waals surface area contributed by atoms with Gasteiger partial charge in [0.2, 0.25) is 0 Å². The van der Waals surface area contributed by atoms with Gasteiger partial charge in [-0.15, -0.1) is 0 Å². The molecule has 27 heavy (non-hydrogen) atoms. The molecule has 0 radical (unpaired) electrons. The van der Waals surface area contributed by atoms with E-state index in [-0.39, 0.29) is 0 Å². The fraction of sp³-hybridized carbons (Fsp3) is 0.238. The Morgan fingerprint density at radius 3 is 2.11 bits per heavy atom. The Morgan fingerprint density at radius 2 is 1.48 bits per heavy atom. The molecular formula is C21H21ClN4O. The second-order valence-electron chi connectivity index (χ2n) is 6.70. The molecule has 0 amide bonds. The Hall–Kier alpha value is -2.63. The number of aromatic hydroxyl groups is 1. The first-order valence-electron chi connectivity index (χ1n) is 9.00. The van der Waals surface area contributed by atoms with Gasteiger partial charge in [0.25, 0.3) is 0 Å². The molecule has 1 aliphatic heterocycles. The average molecular weight is 381 g/mol. The molecule has 1 saturated heterocycles. The maximum absolute atomic E-state index is 9.42. The van der Waals surface area contributed by atoms with Crippen molar-refractivity contribution in [3.63, 3.8) is 0 Å². The number of nitrogens with zero attached hydrogens (tertiary/aromatic N) is 4. The van der Waals surface area contributed by atoms with Crippen LogP contribution in [0.3, 0.4) is 0 Å². The van der Waals surface area contributed by atoms with Crippen molar-refractivity contribution < 1.29 is 5.11 Å². The summed E-state index contributed by atoms with van der Waals surface area (Å²) in [4.78, 5) is 13.8. The first kappa shape index (κ1) is 17.8. The van der Waals surface area contributed by atoms with Gasteiger partial charge >= 0.3 is 0 Å². The smallest absolute Gasteiger partial charge is 0.159 e. The van der Waals surface area contributed by atoms with E-state index in [0.717, 1.165) is 49.5 Å². The van der Waals surface area contributed by atoms with Crippen LogP contribution in [-0.2, 0) is 6.54 Å². The maximum Gasteiger partial charge on any atom is 0.159 e. The summed E-state index contributed by atoms with van der Waals surface area (Å²) >= 11 is 5.93. The zero-order valence-electron chi connectivity index (χ0n) is 14.9. The van der Waals surface area contributed by atoms with Crippen molar-refractivity contribution >= 4 is 17.3 Å². The van der Waals surface area contributed by atoms with Crippen LogP contribution in [0, 0.1) is 0 Å². The van der Waals surface area contributed by atoms with Gasteiger partial charge in [-0.2, -0.15) is 0 Å². The second kappa shape index (κ2) is 7.94. The van der Waals surface area contributed by atoms with Gasteiger partial charge in [-0.05, 0) is 48.5 Å². The highest BCUT2D eigenvalue weighted by atomic mass is 35.5. The SMILES string of the molecule is Oc1ccc(N2CCN(Cc3cnc(-c4ccc(Cl)cc4)nc3)CC2)cc1. The number of benzene rings is 2. The number of anilines is 1. The summed E-state index contributed by atoms with van der Waals surface area (Å²) in [6.45, 7) is 4.76. The van der Waals surface area contributed by atoms with Gasteiger partial charge in [0.1, 0.15) is 5.75 Å². The fourth-order valence-corrected chi connectivity index (χ4v) is 3.40.